The van der Waals surface area contributed by atoms with Gasteiger partial charge in [-0.3, -0.25) is 4.79 Å². The van der Waals surface area contributed by atoms with E-state index in [1.165, 1.54) is 37.7 Å². The third-order valence-electron chi connectivity index (χ3n) is 6.96. The number of carbonyl (C=O) groups excluding carboxylic acids is 1. The summed E-state index contributed by atoms with van der Waals surface area (Å²) in [5, 5.41) is 2.94. The molecule has 1 saturated carbocycles. The standard InChI is InChI=1S/C27H29NO4.C5H10.C2H6/c1-4-13-28-27(29)21-9-5-7-19(16-21)23-10-6-8-20-17-22(32-26(20)23)14-18-11-12-24(30-2)25(15-18)31-3;1-2-4-5-3-1;1-2/h5-12,15-16,22H,4,13-14,17H2,1-3H3,(H,28,29);1-5H2;1-2H3. The van der Waals surface area contributed by atoms with Gasteiger partial charge < -0.3 is 19.5 Å². The molecule has 1 atom stereocenters. The predicted octanol–water partition coefficient (Wildman–Crippen LogP) is 8.03. The number of hydrogen-bond donors (Lipinski definition) is 1. The van der Waals surface area contributed by atoms with Gasteiger partial charge in [-0.2, -0.15) is 0 Å². The summed E-state index contributed by atoms with van der Waals surface area (Å²) in [6, 6.07) is 19.9. The van der Waals surface area contributed by atoms with Crippen molar-refractivity contribution in [3.63, 3.8) is 0 Å². The average Bonchev–Trinajstić information content (AvgIpc) is 3.70. The van der Waals surface area contributed by atoms with E-state index in [2.05, 4.69) is 23.5 Å². The zero-order valence-corrected chi connectivity index (χ0v) is 24.3. The Morgan fingerprint density at radius 1 is 0.897 bits per heavy atom. The Balaban J connectivity index is 0.000000530. The molecule has 39 heavy (non-hydrogen) atoms. The van der Waals surface area contributed by atoms with Gasteiger partial charge in [0.25, 0.3) is 5.91 Å². The van der Waals surface area contributed by atoms with Crippen LogP contribution in [0.1, 0.15) is 80.8 Å². The van der Waals surface area contributed by atoms with Crippen molar-refractivity contribution < 1.29 is 19.0 Å². The Bertz CT molecular complexity index is 1180. The van der Waals surface area contributed by atoms with Gasteiger partial charge in [0, 0.05) is 30.5 Å². The van der Waals surface area contributed by atoms with E-state index in [4.69, 9.17) is 14.2 Å². The van der Waals surface area contributed by atoms with E-state index in [0.29, 0.717) is 12.1 Å². The molecule has 1 fully saturated rings. The molecule has 1 aliphatic carbocycles. The summed E-state index contributed by atoms with van der Waals surface area (Å²) < 4.78 is 17.2. The SMILES string of the molecule is C1CCCC1.CC.CCCNC(=O)c1cccc(-c2cccc3c2OC(Cc2ccc(OC)c(OC)c2)C3)c1. The third kappa shape index (κ3) is 8.26. The highest BCUT2D eigenvalue weighted by Crippen LogP contribution is 2.40. The maximum absolute atomic E-state index is 12.4. The monoisotopic (exact) mass is 531 g/mol. The summed E-state index contributed by atoms with van der Waals surface area (Å²) in [6.07, 6.45) is 10.1. The number of benzene rings is 3. The van der Waals surface area contributed by atoms with E-state index < -0.39 is 0 Å². The lowest BCUT2D eigenvalue weighted by atomic mass is 9.98. The summed E-state index contributed by atoms with van der Waals surface area (Å²) in [4.78, 5) is 12.4. The normalized spacial score (nSPS) is 15.1. The maximum Gasteiger partial charge on any atom is 0.251 e. The molecule has 5 rings (SSSR count). The minimum absolute atomic E-state index is 0.0419. The molecule has 0 radical (unpaired) electrons. The van der Waals surface area contributed by atoms with Crippen LogP contribution in [0.15, 0.2) is 60.7 Å². The van der Waals surface area contributed by atoms with Crippen LogP contribution in [0.3, 0.4) is 0 Å². The fourth-order valence-corrected chi connectivity index (χ4v) is 5.00. The van der Waals surface area contributed by atoms with Gasteiger partial charge in [-0.15, -0.1) is 0 Å². The minimum atomic E-state index is -0.0477. The molecule has 0 bridgehead atoms. The fourth-order valence-electron chi connectivity index (χ4n) is 5.00. The molecule has 1 heterocycles. The average molecular weight is 532 g/mol. The number of fused-ring (bicyclic) bond motifs is 1. The minimum Gasteiger partial charge on any atom is -0.493 e. The van der Waals surface area contributed by atoms with E-state index in [1.807, 2.05) is 63.2 Å². The van der Waals surface area contributed by atoms with Gasteiger partial charge in [-0.05, 0) is 47.4 Å². The lowest BCUT2D eigenvalue weighted by Crippen LogP contribution is -2.23. The van der Waals surface area contributed by atoms with E-state index in [0.717, 1.165) is 53.2 Å². The lowest BCUT2D eigenvalue weighted by molar-refractivity contribution is 0.0953. The highest BCUT2D eigenvalue weighted by atomic mass is 16.5. The molecule has 1 aliphatic heterocycles. The molecule has 5 nitrogen and oxygen atoms in total. The Labute approximate surface area is 234 Å². The topological polar surface area (TPSA) is 56.8 Å². The Hall–Kier alpha value is -3.47. The van der Waals surface area contributed by atoms with E-state index in [9.17, 15) is 4.79 Å². The molecule has 210 valence electrons. The van der Waals surface area contributed by atoms with Gasteiger partial charge in [0.05, 0.1) is 14.2 Å². The Kier molecular flexibility index (Phi) is 12.2. The largest absolute Gasteiger partial charge is 0.493 e. The smallest absolute Gasteiger partial charge is 0.251 e. The highest BCUT2D eigenvalue weighted by molar-refractivity contribution is 5.95. The number of hydrogen-bond acceptors (Lipinski definition) is 4. The highest BCUT2D eigenvalue weighted by Gasteiger charge is 2.26. The first-order valence-electron chi connectivity index (χ1n) is 14.5. The van der Waals surface area contributed by atoms with Crippen molar-refractivity contribution in [3.8, 4) is 28.4 Å². The van der Waals surface area contributed by atoms with Crippen molar-refractivity contribution in [2.75, 3.05) is 20.8 Å². The number of carbonyl (C=O) groups is 1. The molecular formula is C34H45NO4. The molecule has 2 aliphatic rings. The van der Waals surface area contributed by atoms with Crippen LogP contribution in [0.25, 0.3) is 11.1 Å². The second-order valence-electron chi connectivity index (χ2n) is 9.74. The van der Waals surface area contributed by atoms with Crippen molar-refractivity contribution >= 4 is 5.91 Å². The van der Waals surface area contributed by atoms with E-state index >= 15 is 0 Å². The molecule has 1 amide bonds. The molecule has 0 saturated heterocycles. The van der Waals surface area contributed by atoms with E-state index in [1.54, 1.807) is 14.2 Å². The fraction of sp³-hybridized carbons (Fsp3) is 0.441. The van der Waals surface area contributed by atoms with Crippen LogP contribution in [0.5, 0.6) is 17.2 Å². The van der Waals surface area contributed by atoms with Crippen molar-refractivity contribution in [1.29, 1.82) is 0 Å². The third-order valence-corrected chi connectivity index (χ3v) is 6.96. The number of amides is 1. The molecule has 0 aromatic heterocycles. The van der Waals surface area contributed by atoms with Crippen molar-refractivity contribution in [3.05, 3.63) is 77.4 Å². The predicted molar refractivity (Wildman–Crippen MR) is 160 cm³/mol. The molecule has 3 aromatic rings. The first kappa shape index (κ1) is 30.1. The first-order chi connectivity index (χ1) is 19.1. The molecule has 5 heteroatoms. The summed E-state index contributed by atoms with van der Waals surface area (Å²) in [5.41, 5.74) is 4.99. The van der Waals surface area contributed by atoms with Gasteiger partial charge in [-0.25, -0.2) is 0 Å². The summed E-state index contributed by atoms with van der Waals surface area (Å²) >= 11 is 0. The number of nitrogens with one attached hydrogen (secondary N) is 1. The number of ether oxygens (including phenoxy) is 3. The lowest BCUT2D eigenvalue weighted by Gasteiger charge is -2.15. The summed E-state index contributed by atoms with van der Waals surface area (Å²) in [6.45, 7) is 6.71. The molecule has 0 spiro atoms. The van der Waals surface area contributed by atoms with Crippen LogP contribution in [0.4, 0.5) is 0 Å². The quantitative estimate of drug-likeness (QED) is 0.320. The maximum atomic E-state index is 12.4. The molecular weight excluding hydrogens is 486 g/mol. The van der Waals surface area contributed by atoms with Gasteiger partial charge in [0.2, 0.25) is 0 Å². The summed E-state index contributed by atoms with van der Waals surface area (Å²) in [7, 11) is 3.28. The molecule has 1 N–H and O–H groups in total. The number of rotatable bonds is 8. The van der Waals surface area contributed by atoms with Crippen molar-refractivity contribution in [1.82, 2.24) is 5.32 Å². The summed E-state index contributed by atoms with van der Waals surface area (Å²) in [5.74, 6) is 2.30. The molecule has 1 unspecified atom stereocenters. The van der Waals surface area contributed by atoms with Gasteiger partial charge in [-0.1, -0.05) is 89.3 Å². The second-order valence-corrected chi connectivity index (χ2v) is 9.74. The zero-order valence-electron chi connectivity index (χ0n) is 24.3. The Morgan fingerprint density at radius 2 is 1.59 bits per heavy atom. The molecule has 3 aromatic carbocycles. The first-order valence-corrected chi connectivity index (χ1v) is 14.5. The van der Waals surface area contributed by atoms with Crippen molar-refractivity contribution in [2.45, 2.75) is 78.2 Å². The second kappa shape index (κ2) is 15.8. The van der Waals surface area contributed by atoms with Crippen LogP contribution in [0, 0.1) is 0 Å². The zero-order chi connectivity index (χ0) is 28.0. The van der Waals surface area contributed by atoms with Crippen LogP contribution < -0.4 is 19.5 Å². The van der Waals surface area contributed by atoms with Gasteiger partial charge in [0.15, 0.2) is 11.5 Å². The van der Waals surface area contributed by atoms with Crippen LogP contribution in [0.2, 0.25) is 0 Å². The van der Waals surface area contributed by atoms with Crippen LogP contribution >= 0.6 is 0 Å². The number of methoxy groups -OCH3 is 2. The Morgan fingerprint density at radius 3 is 2.26 bits per heavy atom. The van der Waals surface area contributed by atoms with Gasteiger partial charge in [0.1, 0.15) is 11.9 Å². The van der Waals surface area contributed by atoms with Crippen molar-refractivity contribution in [2.24, 2.45) is 0 Å². The van der Waals surface area contributed by atoms with Crippen LogP contribution in [-0.2, 0) is 12.8 Å². The van der Waals surface area contributed by atoms with E-state index in [-0.39, 0.29) is 12.0 Å². The van der Waals surface area contributed by atoms with Gasteiger partial charge >= 0.3 is 0 Å². The van der Waals surface area contributed by atoms with Crippen LogP contribution in [-0.4, -0.2) is 32.8 Å². The number of para-hydroxylation sites is 1.